The molecule has 0 aromatic heterocycles. The van der Waals surface area contributed by atoms with Crippen LogP contribution in [0.25, 0.3) is 0 Å². The minimum Gasteiger partial charge on any atom is -0.480 e. The molecular formula is C31H62N2O15. The summed E-state index contributed by atoms with van der Waals surface area (Å²) in [5.41, 5.74) is 5.40. The van der Waals surface area contributed by atoms with Crippen LogP contribution in [0.4, 0.5) is 0 Å². The Kier molecular flexibility index (Phi) is 38.5. The summed E-state index contributed by atoms with van der Waals surface area (Å²) in [6, 6.07) is -0.901. The lowest BCUT2D eigenvalue weighted by Gasteiger charge is -2.09. The lowest BCUT2D eigenvalue weighted by atomic mass is 10.2. The van der Waals surface area contributed by atoms with Gasteiger partial charge in [-0.05, 0) is 12.8 Å². The molecule has 0 spiro atoms. The summed E-state index contributed by atoms with van der Waals surface area (Å²) in [7, 11) is 1.64. The maximum absolute atomic E-state index is 11.7. The zero-order chi connectivity index (χ0) is 35.0. The largest absolute Gasteiger partial charge is 0.480 e. The minimum absolute atomic E-state index is 0.152. The van der Waals surface area contributed by atoms with E-state index in [9.17, 15) is 9.59 Å². The van der Waals surface area contributed by atoms with E-state index in [2.05, 4.69) is 5.32 Å². The van der Waals surface area contributed by atoms with Crippen LogP contribution in [0.5, 0.6) is 0 Å². The van der Waals surface area contributed by atoms with Crippen molar-refractivity contribution >= 4 is 11.9 Å². The van der Waals surface area contributed by atoms with Gasteiger partial charge in [-0.3, -0.25) is 9.59 Å². The molecule has 0 fully saturated rings. The van der Waals surface area contributed by atoms with E-state index in [1.54, 1.807) is 7.11 Å². The molecular weight excluding hydrogens is 640 g/mol. The summed E-state index contributed by atoms with van der Waals surface area (Å²) >= 11 is 0. The molecule has 17 nitrogen and oxygen atoms in total. The standard InChI is InChI=1S/C31H62N2O15/c1-37-7-8-39-11-12-41-15-16-43-19-20-45-23-24-47-27-28-48-26-25-46-22-21-44-18-17-42-14-13-40-10-9-38-6-4-30(34)33-5-2-3-29(32)31(35)36/h29H,2-28,32H2,1H3,(H,33,34)(H,35,36)/t29-/m0/s1. The van der Waals surface area contributed by atoms with Crippen LogP contribution in [0.15, 0.2) is 0 Å². The van der Waals surface area contributed by atoms with Crippen molar-refractivity contribution in [3.63, 3.8) is 0 Å². The molecule has 0 aromatic carbocycles. The first-order valence-electron chi connectivity index (χ1n) is 16.7. The van der Waals surface area contributed by atoms with Crippen molar-refractivity contribution in [1.82, 2.24) is 5.32 Å². The highest BCUT2D eigenvalue weighted by Crippen LogP contribution is 1.94. The molecule has 0 saturated carbocycles. The molecule has 0 aliphatic heterocycles. The Balaban J connectivity index is 3.12. The van der Waals surface area contributed by atoms with Crippen LogP contribution < -0.4 is 11.1 Å². The predicted molar refractivity (Wildman–Crippen MR) is 173 cm³/mol. The predicted octanol–water partition coefficient (Wildman–Crippen LogP) is -0.486. The molecule has 1 atom stereocenters. The van der Waals surface area contributed by atoms with E-state index in [-0.39, 0.29) is 18.9 Å². The fourth-order valence-electron chi connectivity index (χ4n) is 3.37. The van der Waals surface area contributed by atoms with Crippen molar-refractivity contribution in [3.8, 4) is 0 Å². The highest BCUT2D eigenvalue weighted by molar-refractivity contribution is 5.76. The number of nitrogens with two attached hydrogens (primary N) is 1. The van der Waals surface area contributed by atoms with Gasteiger partial charge >= 0.3 is 5.97 Å². The van der Waals surface area contributed by atoms with Crippen LogP contribution in [-0.4, -0.2) is 189 Å². The van der Waals surface area contributed by atoms with E-state index >= 15 is 0 Å². The van der Waals surface area contributed by atoms with E-state index in [0.29, 0.717) is 165 Å². The van der Waals surface area contributed by atoms with E-state index in [0.717, 1.165) is 0 Å². The number of ether oxygens (including phenoxy) is 12. The Morgan fingerprint density at radius 3 is 1.04 bits per heavy atom. The summed E-state index contributed by atoms with van der Waals surface area (Å²) in [5.74, 6) is -1.19. The number of aliphatic carboxylic acids is 1. The smallest absolute Gasteiger partial charge is 0.320 e. The molecule has 0 radical (unpaired) electrons. The van der Waals surface area contributed by atoms with Gasteiger partial charge in [-0.25, -0.2) is 0 Å². The number of rotatable bonds is 41. The number of carbonyl (C=O) groups is 2. The van der Waals surface area contributed by atoms with Crippen LogP contribution in [0.3, 0.4) is 0 Å². The zero-order valence-corrected chi connectivity index (χ0v) is 28.9. The van der Waals surface area contributed by atoms with Gasteiger partial charge in [0.05, 0.1) is 152 Å². The van der Waals surface area contributed by atoms with Crippen LogP contribution in [0.2, 0.25) is 0 Å². The number of carboxylic acid groups (broad SMARTS) is 1. The van der Waals surface area contributed by atoms with Crippen molar-refractivity contribution in [2.75, 3.05) is 166 Å². The van der Waals surface area contributed by atoms with E-state index < -0.39 is 12.0 Å². The molecule has 0 aromatic rings. The van der Waals surface area contributed by atoms with Crippen molar-refractivity contribution < 1.29 is 71.5 Å². The average molecular weight is 703 g/mol. The molecule has 0 unspecified atom stereocenters. The average Bonchev–Trinajstić information content (AvgIpc) is 3.08. The van der Waals surface area contributed by atoms with E-state index in [1.807, 2.05) is 0 Å². The summed E-state index contributed by atoms with van der Waals surface area (Å²) in [5, 5.41) is 11.4. The first-order valence-corrected chi connectivity index (χ1v) is 16.7. The van der Waals surface area contributed by atoms with Gasteiger partial charge in [0.2, 0.25) is 5.91 Å². The topological polar surface area (TPSA) is 203 Å². The molecule has 0 heterocycles. The Morgan fingerprint density at radius 1 is 0.500 bits per heavy atom. The van der Waals surface area contributed by atoms with Crippen molar-refractivity contribution in [1.29, 1.82) is 0 Å². The summed E-state index contributed by atoms with van der Waals surface area (Å²) in [6.07, 6.45) is 1.05. The molecule has 0 bridgehead atoms. The second-order valence-electron chi connectivity index (χ2n) is 9.92. The maximum atomic E-state index is 11.7. The molecule has 17 heteroatoms. The van der Waals surface area contributed by atoms with E-state index in [1.165, 1.54) is 0 Å². The third-order valence-electron chi connectivity index (χ3n) is 5.96. The van der Waals surface area contributed by atoms with Gasteiger partial charge in [0, 0.05) is 20.1 Å². The van der Waals surface area contributed by atoms with Gasteiger partial charge in [-0.1, -0.05) is 0 Å². The zero-order valence-electron chi connectivity index (χ0n) is 28.9. The Bertz CT molecular complexity index is 682. The Morgan fingerprint density at radius 2 is 0.771 bits per heavy atom. The van der Waals surface area contributed by atoms with Crippen LogP contribution >= 0.6 is 0 Å². The van der Waals surface area contributed by atoms with E-state index in [4.69, 9.17) is 67.7 Å². The van der Waals surface area contributed by atoms with Crippen molar-refractivity contribution in [2.24, 2.45) is 5.73 Å². The monoisotopic (exact) mass is 702 g/mol. The number of amides is 1. The summed E-state index contributed by atoms with van der Waals surface area (Å²) in [4.78, 5) is 22.3. The highest BCUT2D eigenvalue weighted by Gasteiger charge is 2.10. The summed E-state index contributed by atoms with van der Waals surface area (Å²) < 4.78 is 64.5. The van der Waals surface area contributed by atoms with Gasteiger partial charge in [0.15, 0.2) is 0 Å². The summed E-state index contributed by atoms with van der Waals surface area (Å²) in [6.45, 7) is 11.5. The van der Waals surface area contributed by atoms with Gasteiger partial charge in [-0.15, -0.1) is 0 Å². The van der Waals surface area contributed by atoms with Crippen molar-refractivity contribution in [2.45, 2.75) is 25.3 Å². The second kappa shape index (κ2) is 39.9. The normalized spacial score (nSPS) is 12.0. The Labute approximate surface area is 285 Å². The third-order valence-corrected chi connectivity index (χ3v) is 5.96. The van der Waals surface area contributed by atoms with Crippen molar-refractivity contribution in [3.05, 3.63) is 0 Å². The first-order chi connectivity index (χ1) is 23.6. The fraction of sp³-hybridized carbons (Fsp3) is 0.935. The fourth-order valence-corrected chi connectivity index (χ4v) is 3.37. The first kappa shape index (κ1) is 46.4. The maximum Gasteiger partial charge on any atom is 0.320 e. The molecule has 286 valence electrons. The number of carbonyl (C=O) groups excluding carboxylic acids is 1. The SMILES string of the molecule is COCCOCCOCCOCCOCCOCCOCCOCCOCCOCCOCCOCCC(=O)NCCC[C@H](N)C(=O)O. The Hall–Kier alpha value is -1.58. The molecule has 0 aliphatic rings. The lowest BCUT2D eigenvalue weighted by molar-refractivity contribution is -0.138. The molecule has 0 aliphatic carbocycles. The van der Waals surface area contributed by atoms with Crippen LogP contribution in [0, 0.1) is 0 Å². The molecule has 4 N–H and O–H groups in total. The molecule has 0 saturated heterocycles. The number of nitrogens with one attached hydrogen (secondary N) is 1. The van der Waals surface area contributed by atoms with Gasteiger partial charge in [0.25, 0.3) is 0 Å². The third kappa shape index (κ3) is 38.9. The number of hydrogen-bond donors (Lipinski definition) is 3. The number of carboxylic acids is 1. The molecule has 1 amide bonds. The minimum atomic E-state index is -1.04. The quantitative estimate of drug-likeness (QED) is 0.0688. The second-order valence-corrected chi connectivity index (χ2v) is 9.92. The van der Waals surface area contributed by atoms with Crippen LogP contribution in [0.1, 0.15) is 19.3 Å². The van der Waals surface area contributed by atoms with Gasteiger partial charge in [0.1, 0.15) is 6.04 Å². The van der Waals surface area contributed by atoms with Gasteiger partial charge < -0.3 is 73.0 Å². The lowest BCUT2D eigenvalue weighted by Crippen LogP contribution is -2.32. The number of hydrogen-bond acceptors (Lipinski definition) is 15. The molecule has 0 rings (SSSR count). The molecule has 48 heavy (non-hydrogen) atoms. The highest BCUT2D eigenvalue weighted by atomic mass is 16.6. The van der Waals surface area contributed by atoms with Gasteiger partial charge in [-0.2, -0.15) is 0 Å². The number of methoxy groups -OCH3 is 1. The van der Waals surface area contributed by atoms with Crippen LogP contribution in [-0.2, 0) is 66.4 Å².